The van der Waals surface area contributed by atoms with Crippen molar-refractivity contribution in [3.05, 3.63) is 58.6 Å². The van der Waals surface area contributed by atoms with Gasteiger partial charge in [-0.3, -0.25) is 9.59 Å². The van der Waals surface area contributed by atoms with E-state index in [4.69, 9.17) is 16.3 Å². The number of nitrogens with one attached hydrogen (secondary N) is 2. The van der Waals surface area contributed by atoms with Gasteiger partial charge >= 0.3 is 0 Å². The van der Waals surface area contributed by atoms with Crippen molar-refractivity contribution in [2.75, 3.05) is 19.0 Å². The number of ether oxygens (including phenoxy) is 1. The molecule has 2 N–H and O–H groups in total. The Morgan fingerprint density at radius 3 is 2.48 bits per heavy atom. The van der Waals surface area contributed by atoms with Crippen LogP contribution < -0.4 is 15.4 Å². The molecule has 0 radical (unpaired) electrons. The standard InChI is InChI=1S/C19H21ClN2O3/c1-12(2)11-21-19(24)14-6-4-5-7-16(14)22-18(23)13-8-9-17(25-3)15(20)10-13/h4-10,12H,11H2,1-3H3,(H,21,24)(H,22,23). The van der Waals surface area contributed by atoms with E-state index in [9.17, 15) is 9.59 Å². The van der Waals surface area contributed by atoms with Crippen molar-refractivity contribution in [3.8, 4) is 5.75 Å². The van der Waals surface area contributed by atoms with Crippen molar-refractivity contribution in [1.29, 1.82) is 0 Å². The summed E-state index contributed by atoms with van der Waals surface area (Å²) in [5.41, 5.74) is 1.24. The smallest absolute Gasteiger partial charge is 0.255 e. The summed E-state index contributed by atoms with van der Waals surface area (Å²) in [4.78, 5) is 24.8. The summed E-state index contributed by atoms with van der Waals surface area (Å²) in [5.74, 6) is 0.254. The molecule has 2 amide bonds. The molecule has 2 aromatic carbocycles. The van der Waals surface area contributed by atoms with Gasteiger partial charge in [0.25, 0.3) is 11.8 Å². The fourth-order valence-corrected chi connectivity index (χ4v) is 2.44. The third-order valence-corrected chi connectivity index (χ3v) is 3.80. The van der Waals surface area contributed by atoms with Crippen LogP contribution in [0.2, 0.25) is 5.02 Å². The molecule has 25 heavy (non-hydrogen) atoms. The van der Waals surface area contributed by atoms with Gasteiger partial charge in [0.15, 0.2) is 0 Å². The Bertz CT molecular complexity index is 775. The highest BCUT2D eigenvalue weighted by atomic mass is 35.5. The van der Waals surface area contributed by atoms with Crippen molar-refractivity contribution in [1.82, 2.24) is 5.32 Å². The summed E-state index contributed by atoms with van der Waals surface area (Å²) in [7, 11) is 1.51. The molecular weight excluding hydrogens is 340 g/mol. The van der Waals surface area contributed by atoms with E-state index < -0.39 is 0 Å². The Balaban J connectivity index is 2.18. The predicted octanol–water partition coefficient (Wildman–Crippen LogP) is 3.99. The van der Waals surface area contributed by atoms with Crippen LogP contribution in [0.1, 0.15) is 34.6 Å². The number of carbonyl (C=O) groups excluding carboxylic acids is 2. The lowest BCUT2D eigenvalue weighted by Gasteiger charge is -2.13. The number of hydrogen-bond acceptors (Lipinski definition) is 3. The number of methoxy groups -OCH3 is 1. The molecule has 132 valence electrons. The van der Waals surface area contributed by atoms with E-state index in [1.165, 1.54) is 13.2 Å². The Kier molecular flexibility index (Phi) is 6.42. The Hall–Kier alpha value is -2.53. The third kappa shape index (κ3) is 4.97. The summed E-state index contributed by atoms with van der Waals surface area (Å²) >= 11 is 6.06. The quantitative estimate of drug-likeness (QED) is 0.818. The minimum atomic E-state index is -0.353. The van der Waals surface area contributed by atoms with Crippen LogP contribution in [-0.4, -0.2) is 25.5 Å². The van der Waals surface area contributed by atoms with Crippen LogP contribution in [0.25, 0.3) is 0 Å². The van der Waals surface area contributed by atoms with Gasteiger partial charge in [-0.15, -0.1) is 0 Å². The minimum absolute atomic E-state index is 0.225. The van der Waals surface area contributed by atoms with Crippen molar-refractivity contribution in [2.45, 2.75) is 13.8 Å². The highest BCUT2D eigenvalue weighted by Gasteiger charge is 2.15. The molecule has 2 aromatic rings. The summed E-state index contributed by atoms with van der Waals surface area (Å²) in [6, 6.07) is 11.6. The van der Waals surface area contributed by atoms with Gasteiger partial charge in [0.05, 0.1) is 23.4 Å². The number of para-hydroxylation sites is 1. The average molecular weight is 361 g/mol. The number of benzene rings is 2. The Morgan fingerprint density at radius 1 is 1.12 bits per heavy atom. The zero-order valence-electron chi connectivity index (χ0n) is 14.4. The van der Waals surface area contributed by atoms with Crippen LogP contribution in [0.15, 0.2) is 42.5 Å². The molecule has 0 aliphatic rings. The second-order valence-electron chi connectivity index (χ2n) is 5.95. The molecule has 0 saturated carbocycles. The summed E-state index contributed by atoms with van der Waals surface area (Å²) in [5, 5.41) is 5.95. The lowest BCUT2D eigenvalue weighted by molar-refractivity contribution is 0.0950. The number of carbonyl (C=O) groups is 2. The fraction of sp³-hybridized carbons (Fsp3) is 0.263. The second-order valence-corrected chi connectivity index (χ2v) is 6.36. The molecule has 0 unspecified atom stereocenters. The molecular formula is C19H21ClN2O3. The first-order chi connectivity index (χ1) is 11.9. The number of anilines is 1. The molecule has 0 atom stereocenters. The van der Waals surface area contributed by atoms with Crippen LogP contribution in [0, 0.1) is 5.92 Å². The summed E-state index contributed by atoms with van der Waals surface area (Å²) < 4.78 is 5.08. The topological polar surface area (TPSA) is 67.4 Å². The van der Waals surface area contributed by atoms with Gasteiger partial charge in [0, 0.05) is 12.1 Å². The second kappa shape index (κ2) is 8.53. The monoisotopic (exact) mass is 360 g/mol. The van der Waals surface area contributed by atoms with E-state index in [0.717, 1.165) is 0 Å². The molecule has 0 aliphatic heterocycles. The molecule has 6 heteroatoms. The summed E-state index contributed by atoms with van der Waals surface area (Å²) in [6.45, 7) is 4.60. The largest absolute Gasteiger partial charge is 0.495 e. The number of rotatable bonds is 6. The van der Waals surface area contributed by atoms with Crippen LogP contribution in [-0.2, 0) is 0 Å². The molecule has 2 rings (SSSR count). The van der Waals surface area contributed by atoms with E-state index in [1.807, 2.05) is 13.8 Å². The lowest BCUT2D eigenvalue weighted by Crippen LogP contribution is -2.28. The zero-order chi connectivity index (χ0) is 18.4. The minimum Gasteiger partial charge on any atom is -0.495 e. The maximum atomic E-state index is 12.5. The van der Waals surface area contributed by atoms with E-state index >= 15 is 0 Å². The van der Waals surface area contributed by atoms with Gasteiger partial charge in [-0.25, -0.2) is 0 Å². The van der Waals surface area contributed by atoms with E-state index in [-0.39, 0.29) is 11.8 Å². The SMILES string of the molecule is COc1ccc(C(=O)Nc2ccccc2C(=O)NCC(C)C)cc1Cl. The van der Waals surface area contributed by atoms with Gasteiger partial charge in [0.2, 0.25) is 0 Å². The molecule has 0 aromatic heterocycles. The molecule has 0 bridgehead atoms. The maximum absolute atomic E-state index is 12.5. The zero-order valence-corrected chi connectivity index (χ0v) is 15.2. The van der Waals surface area contributed by atoms with Crippen LogP contribution in [0.4, 0.5) is 5.69 Å². The molecule has 0 fully saturated rings. The van der Waals surface area contributed by atoms with Gasteiger partial charge in [-0.05, 0) is 36.2 Å². The first-order valence-electron chi connectivity index (χ1n) is 7.94. The number of halogens is 1. The molecule has 0 saturated heterocycles. The average Bonchev–Trinajstić information content (AvgIpc) is 2.60. The van der Waals surface area contributed by atoms with Crippen molar-refractivity contribution in [3.63, 3.8) is 0 Å². The van der Waals surface area contributed by atoms with E-state index in [2.05, 4.69) is 10.6 Å². The van der Waals surface area contributed by atoms with Gasteiger partial charge < -0.3 is 15.4 Å². The van der Waals surface area contributed by atoms with Crippen LogP contribution in [0.5, 0.6) is 5.75 Å². The van der Waals surface area contributed by atoms with Gasteiger partial charge in [0.1, 0.15) is 5.75 Å². The number of hydrogen-bond donors (Lipinski definition) is 2. The first-order valence-corrected chi connectivity index (χ1v) is 8.32. The fourth-order valence-electron chi connectivity index (χ4n) is 2.18. The number of amides is 2. The van der Waals surface area contributed by atoms with Crippen molar-refractivity contribution < 1.29 is 14.3 Å². The summed E-state index contributed by atoms with van der Waals surface area (Å²) in [6.07, 6.45) is 0. The molecule has 0 spiro atoms. The molecule has 0 heterocycles. The van der Waals surface area contributed by atoms with Crippen molar-refractivity contribution in [2.24, 2.45) is 5.92 Å². The lowest BCUT2D eigenvalue weighted by atomic mass is 10.1. The Morgan fingerprint density at radius 2 is 1.84 bits per heavy atom. The van der Waals surface area contributed by atoms with Crippen molar-refractivity contribution >= 4 is 29.1 Å². The first kappa shape index (κ1) is 18.8. The normalized spacial score (nSPS) is 10.4. The maximum Gasteiger partial charge on any atom is 0.255 e. The predicted molar refractivity (Wildman–Crippen MR) is 99.6 cm³/mol. The molecule has 0 aliphatic carbocycles. The van der Waals surface area contributed by atoms with E-state index in [0.29, 0.717) is 40.0 Å². The Labute approximate surface area is 152 Å². The molecule has 5 nitrogen and oxygen atoms in total. The van der Waals surface area contributed by atoms with Crippen LogP contribution in [0.3, 0.4) is 0 Å². The third-order valence-electron chi connectivity index (χ3n) is 3.50. The van der Waals surface area contributed by atoms with Gasteiger partial charge in [-0.1, -0.05) is 37.6 Å². The highest BCUT2D eigenvalue weighted by molar-refractivity contribution is 6.32. The van der Waals surface area contributed by atoms with Gasteiger partial charge in [-0.2, -0.15) is 0 Å². The van der Waals surface area contributed by atoms with Crippen LogP contribution >= 0.6 is 11.6 Å². The highest BCUT2D eigenvalue weighted by Crippen LogP contribution is 2.25. The van der Waals surface area contributed by atoms with E-state index in [1.54, 1.807) is 36.4 Å².